The number of methoxy groups -OCH3 is 1. The second kappa shape index (κ2) is 7.74. The molecule has 11 heteroatoms. The molecule has 0 saturated heterocycles. The van der Waals surface area contributed by atoms with Crippen molar-refractivity contribution in [3.63, 3.8) is 0 Å². The third-order valence-corrected chi connectivity index (χ3v) is 3.88. The molecule has 2 aromatic carbocycles. The molecule has 0 radical (unpaired) electrons. The van der Waals surface area contributed by atoms with Gasteiger partial charge in [0.05, 0.1) is 32.8 Å². The Morgan fingerprint density at radius 1 is 1.24 bits per heavy atom. The summed E-state index contributed by atoms with van der Waals surface area (Å²) in [5.41, 5.74) is 2.21. The van der Waals surface area contributed by atoms with Crippen molar-refractivity contribution in [2.45, 2.75) is 0 Å². The molecule has 0 aromatic heterocycles. The second-order valence-electron chi connectivity index (χ2n) is 4.64. The SMILES string of the molecule is COc1cc(/C=N\Nc2ccc([N+](=O)[O-])cc2[N+](=O)[O-])cc(I)c1O. The van der Waals surface area contributed by atoms with Crippen molar-refractivity contribution in [1.29, 1.82) is 0 Å². The van der Waals surface area contributed by atoms with E-state index in [1.54, 1.807) is 6.07 Å². The normalized spacial score (nSPS) is 10.6. The first-order chi connectivity index (χ1) is 11.8. The van der Waals surface area contributed by atoms with Crippen molar-refractivity contribution >= 4 is 45.9 Å². The fraction of sp³-hybridized carbons (Fsp3) is 0.0714. The maximum absolute atomic E-state index is 11.0. The molecule has 2 N–H and O–H groups in total. The number of non-ortho nitro benzene ring substituents is 1. The van der Waals surface area contributed by atoms with Crippen LogP contribution in [-0.2, 0) is 0 Å². The van der Waals surface area contributed by atoms with Crippen LogP contribution in [0.1, 0.15) is 5.56 Å². The topological polar surface area (TPSA) is 140 Å². The number of ether oxygens (including phenoxy) is 1. The molecule has 0 unspecified atom stereocenters. The number of benzene rings is 2. The fourth-order valence-electron chi connectivity index (χ4n) is 1.88. The van der Waals surface area contributed by atoms with E-state index < -0.39 is 15.5 Å². The molecular formula is C14H11IN4O6. The Morgan fingerprint density at radius 2 is 1.96 bits per heavy atom. The van der Waals surface area contributed by atoms with Gasteiger partial charge in [-0.2, -0.15) is 5.10 Å². The van der Waals surface area contributed by atoms with Gasteiger partial charge in [-0.15, -0.1) is 0 Å². The Kier molecular flexibility index (Phi) is 5.69. The standard InChI is InChI=1S/C14H11IN4O6/c1-25-13-5-8(4-10(15)14(13)20)7-16-17-11-3-2-9(18(21)22)6-12(11)19(23)24/h2-7,17,20H,1H3/b16-7-. The summed E-state index contributed by atoms with van der Waals surface area (Å²) in [6.45, 7) is 0. The minimum Gasteiger partial charge on any atom is -0.504 e. The number of hydrazone groups is 1. The number of nitro benzene ring substituents is 2. The molecule has 10 nitrogen and oxygen atoms in total. The number of phenolic OH excluding ortho intramolecular Hbond substituents is 1. The minimum atomic E-state index is -0.739. The van der Waals surface area contributed by atoms with Crippen LogP contribution in [0.4, 0.5) is 17.1 Å². The van der Waals surface area contributed by atoms with Crippen molar-refractivity contribution in [2.24, 2.45) is 5.10 Å². The first-order valence-corrected chi connectivity index (χ1v) is 7.69. The van der Waals surface area contributed by atoms with E-state index >= 15 is 0 Å². The number of phenols is 1. The molecule has 0 heterocycles. The van der Waals surface area contributed by atoms with Crippen LogP contribution in [0.3, 0.4) is 0 Å². The summed E-state index contributed by atoms with van der Waals surface area (Å²) in [5, 5.41) is 35.4. The van der Waals surface area contributed by atoms with E-state index in [2.05, 4.69) is 10.5 Å². The highest BCUT2D eigenvalue weighted by molar-refractivity contribution is 14.1. The van der Waals surface area contributed by atoms with Crippen LogP contribution in [0.5, 0.6) is 11.5 Å². The molecule has 2 rings (SSSR count). The summed E-state index contributed by atoms with van der Waals surface area (Å²) in [6, 6.07) is 6.36. The molecule has 0 aliphatic carbocycles. The fourth-order valence-corrected chi connectivity index (χ4v) is 2.50. The van der Waals surface area contributed by atoms with Crippen LogP contribution in [0.15, 0.2) is 35.4 Å². The first-order valence-electron chi connectivity index (χ1n) is 6.62. The Hall–Kier alpha value is -2.96. The van der Waals surface area contributed by atoms with Crippen LogP contribution in [0.2, 0.25) is 0 Å². The molecule has 130 valence electrons. The molecule has 0 fully saturated rings. The van der Waals surface area contributed by atoms with Crippen LogP contribution in [0.25, 0.3) is 0 Å². The van der Waals surface area contributed by atoms with Gasteiger partial charge in [0, 0.05) is 6.07 Å². The average Bonchev–Trinajstić information content (AvgIpc) is 2.57. The van der Waals surface area contributed by atoms with Gasteiger partial charge in [0.2, 0.25) is 0 Å². The van der Waals surface area contributed by atoms with E-state index in [0.29, 0.717) is 9.13 Å². The van der Waals surface area contributed by atoms with E-state index in [1.807, 2.05) is 22.6 Å². The first kappa shape index (κ1) is 18.4. The number of aromatic hydroxyl groups is 1. The molecule has 0 bridgehead atoms. The van der Waals surface area contributed by atoms with E-state index in [1.165, 1.54) is 25.5 Å². The van der Waals surface area contributed by atoms with Gasteiger partial charge in [0.25, 0.3) is 5.69 Å². The molecule has 0 atom stereocenters. The molecular weight excluding hydrogens is 447 g/mol. The van der Waals surface area contributed by atoms with Gasteiger partial charge < -0.3 is 9.84 Å². The van der Waals surface area contributed by atoms with Crippen molar-refractivity contribution in [3.8, 4) is 11.5 Å². The lowest BCUT2D eigenvalue weighted by atomic mass is 10.2. The number of hydrogen-bond acceptors (Lipinski definition) is 8. The summed E-state index contributed by atoms with van der Waals surface area (Å²) in [7, 11) is 1.41. The van der Waals surface area contributed by atoms with Gasteiger partial charge in [-0.1, -0.05) is 0 Å². The van der Waals surface area contributed by atoms with Gasteiger partial charge >= 0.3 is 5.69 Å². The summed E-state index contributed by atoms with van der Waals surface area (Å²) in [6.07, 6.45) is 1.37. The number of nitro groups is 2. The maximum Gasteiger partial charge on any atom is 0.301 e. The third kappa shape index (κ3) is 4.32. The second-order valence-corrected chi connectivity index (χ2v) is 5.80. The minimum absolute atomic E-state index is 0.000726. The third-order valence-electron chi connectivity index (χ3n) is 3.06. The van der Waals surface area contributed by atoms with Crippen LogP contribution < -0.4 is 10.2 Å². The highest BCUT2D eigenvalue weighted by Gasteiger charge is 2.19. The number of hydrogen-bond donors (Lipinski definition) is 2. The van der Waals surface area contributed by atoms with E-state index in [-0.39, 0.29) is 22.9 Å². The zero-order valence-electron chi connectivity index (χ0n) is 12.7. The van der Waals surface area contributed by atoms with Gasteiger partial charge in [-0.05, 0) is 46.4 Å². The van der Waals surface area contributed by atoms with Crippen molar-refractivity contribution in [1.82, 2.24) is 0 Å². The number of anilines is 1. The highest BCUT2D eigenvalue weighted by atomic mass is 127. The summed E-state index contributed by atoms with van der Waals surface area (Å²) >= 11 is 1.92. The van der Waals surface area contributed by atoms with Crippen LogP contribution in [-0.4, -0.2) is 28.3 Å². The van der Waals surface area contributed by atoms with Crippen molar-refractivity contribution in [2.75, 3.05) is 12.5 Å². The average molecular weight is 458 g/mol. The molecule has 25 heavy (non-hydrogen) atoms. The highest BCUT2D eigenvalue weighted by Crippen LogP contribution is 2.32. The van der Waals surface area contributed by atoms with E-state index in [9.17, 15) is 25.3 Å². The number of halogens is 1. The zero-order valence-corrected chi connectivity index (χ0v) is 14.8. The Morgan fingerprint density at radius 3 is 2.56 bits per heavy atom. The van der Waals surface area contributed by atoms with Crippen LogP contribution >= 0.6 is 22.6 Å². The van der Waals surface area contributed by atoms with Gasteiger partial charge in [0.1, 0.15) is 5.69 Å². The van der Waals surface area contributed by atoms with Crippen LogP contribution in [0, 0.1) is 23.8 Å². The lowest BCUT2D eigenvalue weighted by Crippen LogP contribution is -1.99. The number of nitrogens with one attached hydrogen (secondary N) is 1. The monoisotopic (exact) mass is 458 g/mol. The predicted octanol–water partition coefficient (Wildman–Crippen LogP) is 3.27. The number of rotatable bonds is 6. The van der Waals surface area contributed by atoms with Gasteiger partial charge in [-0.25, -0.2) is 0 Å². The molecule has 0 saturated carbocycles. The van der Waals surface area contributed by atoms with Gasteiger partial charge in [-0.3, -0.25) is 25.7 Å². The molecule has 2 aromatic rings. The lowest BCUT2D eigenvalue weighted by Gasteiger charge is -2.06. The Balaban J connectivity index is 2.26. The zero-order chi connectivity index (χ0) is 18.6. The quantitative estimate of drug-likeness (QED) is 0.293. The number of nitrogens with zero attached hydrogens (tertiary/aromatic N) is 3. The Labute approximate surface area is 154 Å². The molecule has 0 aliphatic heterocycles. The smallest absolute Gasteiger partial charge is 0.301 e. The summed E-state index contributed by atoms with van der Waals surface area (Å²) in [4.78, 5) is 20.3. The lowest BCUT2D eigenvalue weighted by molar-refractivity contribution is -0.393. The van der Waals surface area contributed by atoms with Crippen molar-refractivity contribution < 1.29 is 19.7 Å². The summed E-state index contributed by atoms with van der Waals surface area (Å²) in [5.74, 6) is 0.258. The largest absolute Gasteiger partial charge is 0.504 e. The van der Waals surface area contributed by atoms with E-state index in [0.717, 1.165) is 12.1 Å². The maximum atomic E-state index is 11.0. The summed E-state index contributed by atoms with van der Waals surface area (Å²) < 4.78 is 5.57. The molecule has 0 amide bonds. The molecule has 0 spiro atoms. The predicted molar refractivity (Wildman–Crippen MR) is 98.3 cm³/mol. The van der Waals surface area contributed by atoms with Gasteiger partial charge in [0.15, 0.2) is 11.5 Å². The van der Waals surface area contributed by atoms with Crippen molar-refractivity contribution in [3.05, 3.63) is 59.7 Å². The molecule has 0 aliphatic rings. The van der Waals surface area contributed by atoms with E-state index in [4.69, 9.17) is 4.74 Å². The Bertz CT molecular complexity index is 871.